The van der Waals surface area contributed by atoms with Gasteiger partial charge in [-0.15, -0.1) is 0 Å². The molecular weight excluding hydrogens is 138 g/mol. The molecule has 11 heavy (non-hydrogen) atoms. The van der Waals surface area contributed by atoms with Gasteiger partial charge in [0, 0.05) is 31.7 Å². The first-order valence-corrected chi connectivity index (χ1v) is 4.36. The van der Waals surface area contributed by atoms with Crippen molar-refractivity contribution in [2.24, 2.45) is 5.73 Å². The molecule has 0 saturated carbocycles. The minimum Gasteiger partial charge on any atom is -0.328 e. The van der Waals surface area contributed by atoms with E-state index in [9.17, 15) is 0 Å². The zero-order chi connectivity index (χ0) is 8.27. The fourth-order valence-electron chi connectivity index (χ4n) is 1.55. The highest BCUT2D eigenvalue weighted by Crippen LogP contribution is 2.05. The maximum atomic E-state index is 5.73. The molecule has 0 radical (unpaired) electrons. The van der Waals surface area contributed by atoms with Crippen molar-refractivity contribution in [3.63, 3.8) is 0 Å². The third-order valence-electron chi connectivity index (χ3n) is 2.29. The Kier molecular flexibility index (Phi) is 3.30. The summed E-state index contributed by atoms with van der Waals surface area (Å²) < 4.78 is 0. The summed E-state index contributed by atoms with van der Waals surface area (Å²) in [7, 11) is 2.17. The number of hydrogen-bond donors (Lipinski definition) is 2. The van der Waals surface area contributed by atoms with E-state index < -0.39 is 0 Å². The minimum absolute atomic E-state index is 0.322. The summed E-state index contributed by atoms with van der Waals surface area (Å²) in [5, 5.41) is 3.37. The van der Waals surface area contributed by atoms with Gasteiger partial charge in [-0.2, -0.15) is 0 Å². The molecule has 1 rings (SSSR count). The van der Waals surface area contributed by atoms with Crippen molar-refractivity contribution in [1.82, 2.24) is 10.2 Å². The molecule has 0 aromatic heterocycles. The Morgan fingerprint density at radius 1 is 1.73 bits per heavy atom. The van der Waals surface area contributed by atoms with E-state index in [4.69, 9.17) is 5.73 Å². The van der Waals surface area contributed by atoms with Gasteiger partial charge in [0.25, 0.3) is 0 Å². The van der Waals surface area contributed by atoms with E-state index in [0.717, 1.165) is 26.1 Å². The lowest BCUT2D eigenvalue weighted by Gasteiger charge is -2.33. The van der Waals surface area contributed by atoms with Crippen molar-refractivity contribution in [2.75, 3.05) is 26.7 Å². The fraction of sp³-hybridized carbons (Fsp3) is 1.00. The Labute approximate surface area is 68.9 Å². The molecule has 1 aliphatic heterocycles. The maximum absolute atomic E-state index is 5.73. The summed E-state index contributed by atoms with van der Waals surface area (Å²) in [6.45, 7) is 5.43. The second kappa shape index (κ2) is 4.04. The molecule has 2 atom stereocenters. The Bertz CT molecular complexity index is 114. The third-order valence-corrected chi connectivity index (χ3v) is 2.29. The number of nitrogens with two attached hydrogens (primary N) is 1. The second-order valence-corrected chi connectivity index (χ2v) is 3.55. The fourth-order valence-corrected chi connectivity index (χ4v) is 1.55. The average molecular weight is 157 g/mol. The van der Waals surface area contributed by atoms with Gasteiger partial charge in [0.15, 0.2) is 0 Å². The van der Waals surface area contributed by atoms with Crippen LogP contribution in [0.4, 0.5) is 0 Å². The number of piperazine rings is 1. The van der Waals surface area contributed by atoms with E-state index in [-0.39, 0.29) is 0 Å². The van der Waals surface area contributed by atoms with Crippen molar-refractivity contribution >= 4 is 0 Å². The molecule has 3 nitrogen and oxygen atoms in total. The molecule has 0 aromatic carbocycles. The summed E-state index contributed by atoms with van der Waals surface area (Å²) in [5.74, 6) is 0. The van der Waals surface area contributed by atoms with Crippen LogP contribution in [0.1, 0.15) is 13.3 Å². The van der Waals surface area contributed by atoms with Crippen molar-refractivity contribution in [1.29, 1.82) is 0 Å². The van der Waals surface area contributed by atoms with Gasteiger partial charge in [-0.3, -0.25) is 0 Å². The van der Waals surface area contributed by atoms with Gasteiger partial charge in [-0.1, -0.05) is 0 Å². The van der Waals surface area contributed by atoms with Crippen LogP contribution in [-0.2, 0) is 0 Å². The minimum atomic E-state index is 0.322. The SMILES string of the molecule is CC(N)CC1CNCCN1C. The molecule has 0 amide bonds. The first-order chi connectivity index (χ1) is 5.20. The van der Waals surface area contributed by atoms with Gasteiger partial charge in [0.05, 0.1) is 0 Å². The molecule has 0 aliphatic carbocycles. The lowest BCUT2D eigenvalue weighted by molar-refractivity contribution is 0.184. The smallest absolute Gasteiger partial charge is 0.0232 e. The first-order valence-electron chi connectivity index (χ1n) is 4.36. The highest BCUT2D eigenvalue weighted by atomic mass is 15.2. The van der Waals surface area contributed by atoms with Gasteiger partial charge >= 0.3 is 0 Å². The summed E-state index contributed by atoms with van der Waals surface area (Å²) in [6.07, 6.45) is 1.10. The van der Waals surface area contributed by atoms with E-state index in [1.54, 1.807) is 0 Å². The van der Waals surface area contributed by atoms with Crippen molar-refractivity contribution in [2.45, 2.75) is 25.4 Å². The van der Waals surface area contributed by atoms with Crippen LogP contribution in [0.25, 0.3) is 0 Å². The van der Waals surface area contributed by atoms with Crippen molar-refractivity contribution < 1.29 is 0 Å². The third kappa shape index (κ3) is 2.77. The molecule has 3 heteroatoms. The van der Waals surface area contributed by atoms with Crippen molar-refractivity contribution in [3.8, 4) is 0 Å². The summed E-state index contributed by atoms with van der Waals surface area (Å²) in [5.41, 5.74) is 5.73. The largest absolute Gasteiger partial charge is 0.328 e. The van der Waals surface area contributed by atoms with E-state index >= 15 is 0 Å². The molecule has 66 valence electrons. The molecule has 2 unspecified atom stereocenters. The van der Waals surface area contributed by atoms with Gasteiger partial charge in [-0.05, 0) is 20.4 Å². The van der Waals surface area contributed by atoms with Crippen LogP contribution >= 0.6 is 0 Å². The number of nitrogens with one attached hydrogen (secondary N) is 1. The Morgan fingerprint density at radius 3 is 3.00 bits per heavy atom. The molecule has 1 heterocycles. The lowest BCUT2D eigenvalue weighted by atomic mass is 10.1. The molecule has 0 bridgehead atoms. The highest BCUT2D eigenvalue weighted by molar-refractivity contribution is 4.79. The van der Waals surface area contributed by atoms with Crippen LogP contribution in [-0.4, -0.2) is 43.7 Å². The van der Waals surface area contributed by atoms with E-state index in [1.807, 2.05) is 0 Å². The molecule has 0 aromatic rings. The Hall–Kier alpha value is -0.120. The number of likely N-dealkylation sites (N-methyl/N-ethyl adjacent to an activating group) is 1. The number of nitrogens with zero attached hydrogens (tertiary/aromatic N) is 1. The molecule has 0 spiro atoms. The second-order valence-electron chi connectivity index (χ2n) is 3.55. The van der Waals surface area contributed by atoms with Gasteiger partial charge in [0.1, 0.15) is 0 Å². The van der Waals surface area contributed by atoms with Crippen LogP contribution in [0.3, 0.4) is 0 Å². The normalized spacial score (nSPS) is 30.3. The zero-order valence-corrected chi connectivity index (χ0v) is 7.51. The number of hydrogen-bond acceptors (Lipinski definition) is 3. The average Bonchev–Trinajstić information content (AvgIpc) is 1.93. The van der Waals surface area contributed by atoms with Crippen molar-refractivity contribution in [3.05, 3.63) is 0 Å². The molecule has 1 fully saturated rings. The molecular formula is C8H19N3. The quantitative estimate of drug-likeness (QED) is 0.574. The van der Waals surface area contributed by atoms with Gasteiger partial charge in [0.2, 0.25) is 0 Å². The summed E-state index contributed by atoms with van der Waals surface area (Å²) in [6, 6.07) is 0.964. The van der Waals surface area contributed by atoms with E-state index in [1.165, 1.54) is 0 Å². The summed E-state index contributed by atoms with van der Waals surface area (Å²) in [4.78, 5) is 2.39. The van der Waals surface area contributed by atoms with Crippen LogP contribution < -0.4 is 11.1 Å². The number of rotatable bonds is 2. The van der Waals surface area contributed by atoms with Crippen LogP contribution in [0.5, 0.6) is 0 Å². The van der Waals surface area contributed by atoms with Crippen LogP contribution in [0.2, 0.25) is 0 Å². The van der Waals surface area contributed by atoms with E-state index in [2.05, 4.69) is 24.2 Å². The highest BCUT2D eigenvalue weighted by Gasteiger charge is 2.18. The maximum Gasteiger partial charge on any atom is 0.0232 e. The standard InChI is InChI=1S/C8H19N3/c1-7(9)5-8-6-10-3-4-11(8)2/h7-8,10H,3-6,9H2,1-2H3. The molecule has 1 aliphatic rings. The van der Waals surface area contributed by atoms with E-state index in [0.29, 0.717) is 12.1 Å². The van der Waals surface area contributed by atoms with Crippen LogP contribution in [0, 0.1) is 0 Å². The Balaban J connectivity index is 2.29. The lowest BCUT2D eigenvalue weighted by Crippen LogP contribution is -2.50. The van der Waals surface area contributed by atoms with Gasteiger partial charge in [-0.25, -0.2) is 0 Å². The predicted octanol–water partition coefficient (Wildman–Crippen LogP) is -0.373. The predicted molar refractivity (Wildman–Crippen MR) is 47.6 cm³/mol. The zero-order valence-electron chi connectivity index (χ0n) is 7.51. The van der Waals surface area contributed by atoms with Crippen LogP contribution in [0.15, 0.2) is 0 Å². The monoisotopic (exact) mass is 157 g/mol. The van der Waals surface area contributed by atoms with Gasteiger partial charge < -0.3 is 16.0 Å². The topological polar surface area (TPSA) is 41.3 Å². The molecule has 3 N–H and O–H groups in total. The molecule has 1 saturated heterocycles. The summed E-state index contributed by atoms with van der Waals surface area (Å²) >= 11 is 0. The first kappa shape index (κ1) is 8.97. The Morgan fingerprint density at radius 2 is 2.45 bits per heavy atom.